The van der Waals surface area contributed by atoms with E-state index in [0.29, 0.717) is 5.56 Å². The number of aliphatic carboxylic acids is 1. The number of carboxylic acid groups (broad SMARTS) is 1. The molecule has 3 amide bonds. The van der Waals surface area contributed by atoms with Gasteiger partial charge < -0.3 is 21.5 Å². The predicted octanol–water partition coefficient (Wildman–Crippen LogP) is 0.623. The van der Waals surface area contributed by atoms with Crippen LogP contribution in [0, 0.1) is 5.41 Å². The average molecular weight is 293 g/mol. The number of hydrogen-bond acceptors (Lipinski definition) is 3. The second-order valence-corrected chi connectivity index (χ2v) is 5.26. The number of primary amides is 1. The molecule has 1 aromatic rings. The molecule has 21 heavy (non-hydrogen) atoms. The zero-order chi connectivity index (χ0) is 16.0. The van der Waals surface area contributed by atoms with E-state index in [2.05, 4.69) is 10.6 Å². The largest absolute Gasteiger partial charge is 0.479 e. The zero-order valence-corrected chi connectivity index (χ0v) is 11.9. The standard InChI is InChI=1S/C14H19N3O4/c1-14(2,12(15)20)8-16-13(21)17-10(11(18)19)9-6-4-3-5-7-9/h3-7,10H,8H2,1-2H3,(H2,15,20)(H,18,19)(H2,16,17,21)/t10-/m1/s1. The molecule has 0 aliphatic carbocycles. The highest BCUT2D eigenvalue weighted by Crippen LogP contribution is 2.14. The Labute approximate surface area is 122 Å². The van der Waals surface area contributed by atoms with E-state index in [4.69, 9.17) is 5.73 Å². The van der Waals surface area contributed by atoms with E-state index in [1.165, 1.54) is 0 Å². The van der Waals surface area contributed by atoms with Crippen LogP contribution < -0.4 is 16.4 Å². The van der Waals surface area contributed by atoms with E-state index in [0.717, 1.165) is 0 Å². The number of rotatable bonds is 6. The fraction of sp³-hybridized carbons (Fsp3) is 0.357. The molecule has 0 fully saturated rings. The molecule has 0 saturated heterocycles. The Morgan fingerprint density at radius 1 is 1.24 bits per heavy atom. The quantitative estimate of drug-likeness (QED) is 0.614. The van der Waals surface area contributed by atoms with Crippen LogP contribution in [0.25, 0.3) is 0 Å². The minimum absolute atomic E-state index is 0.00922. The molecule has 1 atom stereocenters. The van der Waals surface area contributed by atoms with E-state index in [-0.39, 0.29) is 6.54 Å². The number of carboxylic acids is 1. The minimum atomic E-state index is -1.18. The molecule has 0 radical (unpaired) electrons. The summed E-state index contributed by atoms with van der Waals surface area (Å²) in [6, 6.07) is 6.47. The number of urea groups is 1. The van der Waals surface area contributed by atoms with E-state index < -0.39 is 29.4 Å². The first-order valence-electron chi connectivity index (χ1n) is 6.36. The number of carbonyl (C=O) groups excluding carboxylic acids is 2. The lowest BCUT2D eigenvalue weighted by atomic mass is 9.93. The van der Waals surface area contributed by atoms with Crippen LogP contribution in [0.3, 0.4) is 0 Å². The molecule has 114 valence electrons. The van der Waals surface area contributed by atoms with Crippen LogP contribution in [0.5, 0.6) is 0 Å². The van der Waals surface area contributed by atoms with Gasteiger partial charge in [-0.25, -0.2) is 9.59 Å². The number of amides is 3. The molecule has 0 aromatic heterocycles. The summed E-state index contributed by atoms with van der Waals surface area (Å²) < 4.78 is 0. The van der Waals surface area contributed by atoms with Crippen LogP contribution in [0.1, 0.15) is 25.5 Å². The topological polar surface area (TPSA) is 122 Å². The van der Waals surface area contributed by atoms with Crippen LogP contribution in [-0.2, 0) is 9.59 Å². The lowest BCUT2D eigenvalue weighted by Gasteiger charge is -2.22. The number of nitrogens with two attached hydrogens (primary N) is 1. The van der Waals surface area contributed by atoms with Crippen molar-refractivity contribution in [1.29, 1.82) is 0 Å². The maximum absolute atomic E-state index is 11.8. The molecular weight excluding hydrogens is 274 g/mol. The van der Waals surface area contributed by atoms with Gasteiger partial charge in [-0.2, -0.15) is 0 Å². The van der Waals surface area contributed by atoms with Crippen LogP contribution in [-0.4, -0.2) is 29.6 Å². The molecule has 0 unspecified atom stereocenters. The summed E-state index contributed by atoms with van der Waals surface area (Å²) >= 11 is 0. The zero-order valence-electron chi connectivity index (χ0n) is 11.9. The summed E-state index contributed by atoms with van der Waals surface area (Å²) in [5.41, 5.74) is 4.73. The number of hydrogen-bond donors (Lipinski definition) is 4. The van der Waals surface area contributed by atoms with Crippen molar-refractivity contribution in [3.63, 3.8) is 0 Å². The van der Waals surface area contributed by atoms with Crippen molar-refractivity contribution in [3.05, 3.63) is 35.9 Å². The predicted molar refractivity (Wildman–Crippen MR) is 76.3 cm³/mol. The number of nitrogens with one attached hydrogen (secondary N) is 2. The van der Waals surface area contributed by atoms with Crippen molar-refractivity contribution >= 4 is 17.9 Å². The van der Waals surface area contributed by atoms with Crippen molar-refractivity contribution in [2.75, 3.05) is 6.54 Å². The summed E-state index contributed by atoms with van der Waals surface area (Å²) in [6.07, 6.45) is 0. The summed E-state index contributed by atoms with van der Waals surface area (Å²) in [5, 5.41) is 14.0. The molecule has 0 aliphatic rings. The Kier molecular flexibility index (Phi) is 5.29. The highest BCUT2D eigenvalue weighted by molar-refractivity contribution is 5.84. The van der Waals surface area contributed by atoms with Crippen molar-refractivity contribution in [3.8, 4) is 0 Å². The Balaban J connectivity index is 2.67. The maximum Gasteiger partial charge on any atom is 0.330 e. The summed E-state index contributed by atoms with van der Waals surface area (Å²) in [6.45, 7) is 3.18. The third-order valence-corrected chi connectivity index (χ3v) is 3.01. The summed E-state index contributed by atoms with van der Waals surface area (Å²) in [5.74, 6) is -1.73. The monoisotopic (exact) mass is 293 g/mol. The highest BCUT2D eigenvalue weighted by atomic mass is 16.4. The molecule has 0 saturated carbocycles. The van der Waals surface area contributed by atoms with Gasteiger partial charge in [0.25, 0.3) is 0 Å². The highest BCUT2D eigenvalue weighted by Gasteiger charge is 2.27. The smallest absolute Gasteiger partial charge is 0.330 e. The Morgan fingerprint density at radius 3 is 2.29 bits per heavy atom. The molecule has 7 heteroatoms. The Hall–Kier alpha value is -2.57. The van der Waals surface area contributed by atoms with Crippen LogP contribution >= 0.6 is 0 Å². The third-order valence-electron chi connectivity index (χ3n) is 3.01. The molecule has 0 aliphatic heterocycles. The lowest BCUT2D eigenvalue weighted by molar-refractivity contribution is -0.139. The van der Waals surface area contributed by atoms with Crippen molar-refractivity contribution in [2.24, 2.45) is 11.1 Å². The van der Waals surface area contributed by atoms with E-state index in [1.54, 1.807) is 44.2 Å². The molecule has 5 N–H and O–H groups in total. The fourth-order valence-corrected chi connectivity index (χ4v) is 1.50. The Bertz CT molecular complexity index is 528. The first-order chi connectivity index (χ1) is 9.74. The van der Waals surface area contributed by atoms with Crippen molar-refractivity contribution in [2.45, 2.75) is 19.9 Å². The molecule has 1 aromatic carbocycles. The van der Waals surface area contributed by atoms with E-state index in [1.807, 2.05) is 0 Å². The molecule has 1 rings (SSSR count). The summed E-state index contributed by atoms with van der Waals surface area (Å²) in [7, 11) is 0. The van der Waals surface area contributed by atoms with E-state index >= 15 is 0 Å². The fourth-order valence-electron chi connectivity index (χ4n) is 1.50. The van der Waals surface area contributed by atoms with Crippen molar-refractivity contribution < 1.29 is 19.5 Å². The van der Waals surface area contributed by atoms with E-state index in [9.17, 15) is 19.5 Å². The van der Waals surface area contributed by atoms with Gasteiger partial charge in [0.1, 0.15) is 0 Å². The first-order valence-corrected chi connectivity index (χ1v) is 6.36. The van der Waals surface area contributed by atoms with Gasteiger partial charge in [0, 0.05) is 6.54 Å². The molecule has 0 bridgehead atoms. The normalized spacial score (nSPS) is 12.3. The molecule has 0 spiro atoms. The van der Waals surface area contributed by atoms with Gasteiger partial charge in [-0.05, 0) is 19.4 Å². The van der Waals surface area contributed by atoms with Gasteiger partial charge in [-0.1, -0.05) is 30.3 Å². The number of benzene rings is 1. The lowest BCUT2D eigenvalue weighted by Crippen LogP contribution is -2.47. The van der Waals surface area contributed by atoms with Gasteiger partial charge in [-0.15, -0.1) is 0 Å². The second kappa shape index (κ2) is 6.74. The van der Waals surface area contributed by atoms with Gasteiger partial charge in [0.2, 0.25) is 5.91 Å². The van der Waals surface area contributed by atoms with Gasteiger partial charge >= 0.3 is 12.0 Å². The first kappa shape index (κ1) is 16.5. The van der Waals surface area contributed by atoms with Crippen LogP contribution in [0.15, 0.2) is 30.3 Å². The third kappa shape index (κ3) is 4.79. The SMILES string of the molecule is CC(C)(CNC(=O)N[C@@H](C(=O)O)c1ccccc1)C(N)=O. The van der Waals surface area contributed by atoms with Crippen LogP contribution in [0.4, 0.5) is 4.79 Å². The minimum Gasteiger partial charge on any atom is -0.479 e. The van der Waals surface area contributed by atoms with Gasteiger partial charge in [-0.3, -0.25) is 4.79 Å². The number of carbonyl (C=O) groups is 3. The van der Waals surface area contributed by atoms with Crippen molar-refractivity contribution in [1.82, 2.24) is 10.6 Å². The molecular formula is C14H19N3O4. The maximum atomic E-state index is 11.8. The second-order valence-electron chi connectivity index (χ2n) is 5.26. The van der Waals surface area contributed by atoms with Gasteiger partial charge in [0.15, 0.2) is 6.04 Å². The summed E-state index contributed by atoms with van der Waals surface area (Å²) in [4.78, 5) is 34.1. The van der Waals surface area contributed by atoms with Gasteiger partial charge in [0.05, 0.1) is 5.41 Å². The Morgan fingerprint density at radius 2 is 1.81 bits per heavy atom. The average Bonchev–Trinajstić information content (AvgIpc) is 2.43. The molecule has 0 heterocycles. The molecule has 7 nitrogen and oxygen atoms in total. The van der Waals surface area contributed by atoms with Crippen LogP contribution in [0.2, 0.25) is 0 Å².